The highest BCUT2D eigenvalue weighted by Gasteiger charge is 2.23. The van der Waals surface area contributed by atoms with Crippen molar-refractivity contribution in [3.8, 4) is 0 Å². The van der Waals surface area contributed by atoms with E-state index < -0.39 is 0 Å². The van der Waals surface area contributed by atoms with Gasteiger partial charge in [-0.2, -0.15) is 0 Å². The maximum Gasteiger partial charge on any atom is 0.121 e. The molecule has 1 fully saturated rings. The largest absolute Gasteiger partial charge is 0.393 e. The molecule has 0 aromatic heterocycles. The molecule has 0 aliphatic carbocycles. The van der Waals surface area contributed by atoms with Crippen molar-refractivity contribution in [2.45, 2.75) is 25.9 Å². The second kappa shape index (κ2) is 4.58. The lowest BCUT2D eigenvalue weighted by Crippen LogP contribution is -2.42. The van der Waals surface area contributed by atoms with Gasteiger partial charge in [-0.25, -0.2) is 0 Å². The van der Waals surface area contributed by atoms with E-state index in [0.29, 0.717) is 12.3 Å². The molecule has 0 saturated carbocycles. The third-order valence-electron chi connectivity index (χ3n) is 2.51. The Kier molecular flexibility index (Phi) is 3.69. The average molecular weight is 171 g/mol. The lowest BCUT2D eigenvalue weighted by Gasteiger charge is -2.33. The Balaban J connectivity index is 2.25. The van der Waals surface area contributed by atoms with E-state index >= 15 is 0 Å². The first-order valence-electron chi connectivity index (χ1n) is 4.58. The van der Waals surface area contributed by atoms with Crippen LogP contribution in [0, 0.1) is 5.92 Å². The van der Waals surface area contributed by atoms with Gasteiger partial charge in [0.25, 0.3) is 0 Å². The number of aliphatic hydroxyl groups excluding tert-OH is 1. The Morgan fingerprint density at radius 3 is 3.00 bits per heavy atom. The molecule has 1 aliphatic rings. The predicted octanol–water partition coefficient (Wildman–Crippen LogP) is 0.278. The molecule has 3 nitrogen and oxygen atoms in total. The van der Waals surface area contributed by atoms with Crippen LogP contribution in [0.3, 0.4) is 0 Å². The quantitative estimate of drug-likeness (QED) is 0.620. The number of rotatable bonds is 3. The molecule has 0 bridgehead atoms. The Bertz CT molecular complexity index is 149. The van der Waals surface area contributed by atoms with Crippen LogP contribution in [-0.2, 0) is 4.79 Å². The Hall–Kier alpha value is -0.410. The normalized spacial score (nSPS) is 31.8. The molecule has 2 atom stereocenters. The number of piperidine rings is 1. The van der Waals surface area contributed by atoms with Gasteiger partial charge in [0, 0.05) is 26.1 Å². The third-order valence-corrected chi connectivity index (χ3v) is 2.51. The molecule has 12 heavy (non-hydrogen) atoms. The highest BCUT2D eigenvalue weighted by atomic mass is 16.3. The molecule has 0 spiro atoms. The van der Waals surface area contributed by atoms with Gasteiger partial charge in [0.2, 0.25) is 0 Å². The summed E-state index contributed by atoms with van der Waals surface area (Å²) in [6.45, 7) is 4.76. The molecule has 0 radical (unpaired) electrons. The summed E-state index contributed by atoms with van der Waals surface area (Å²) in [6, 6.07) is 0. The zero-order valence-electron chi connectivity index (χ0n) is 7.57. The fourth-order valence-electron chi connectivity index (χ4n) is 1.66. The summed E-state index contributed by atoms with van der Waals surface area (Å²) in [4.78, 5) is 12.4. The molecule has 1 saturated heterocycles. The lowest BCUT2D eigenvalue weighted by atomic mass is 9.97. The van der Waals surface area contributed by atoms with Gasteiger partial charge in [-0.3, -0.25) is 0 Å². The summed E-state index contributed by atoms with van der Waals surface area (Å²) in [6.07, 6.45) is 2.27. The molecule has 70 valence electrons. The maximum absolute atomic E-state index is 10.1. The van der Waals surface area contributed by atoms with Crippen LogP contribution in [0.5, 0.6) is 0 Å². The molecular weight excluding hydrogens is 154 g/mol. The van der Waals surface area contributed by atoms with E-state index in [2.05, 4.69) is 11.8 Å². The summed E-state index contributed by atoms with van der Waals surface area (Å²) in [7, 11) is 0. The molecule has 0 aromatic rings. The van der Waals surface area contributed by atoms with Gasteiger partial charge in [-0.05, 0) is 12.3 Å². The first kappa shape index (κ1) is 9.68. The molecule has 1 N–H and O–H groups in total. The zero-order chi connectivity index (χ0) is 8.97. The smallest absolute Gasteiger partial charge is 0.121 e. The van der Waals surface area contributed by atoms with Crippen LogP contribution in [-0.4, -0.2) is 42.0 Å². The van der Waals surface area contributed by atoms with Crippen LogP contribution in [0.25, 0.3) is 0 Å². The SMILES string of the molecule is CC1CN(CCC=O)CCC1O. The number of carbonyl (C=O) groups is 1. The number of aldehydes is 1. The van der Waals surface area contributed by atoms with Crippen molar-refractivity contribution >= 4 is 6.29 Å². The minimum Gasteiger partial charge on any atom is -0.393 e. The van der Waals surface area contributed by atoms with Crippen LogP contribution in [0.2, 0.25) is 0 Å². The van der Waals surface area contributed by atoms with Crippen molar-refractivity contribution < 1.29 is 9.90 Å². The summed E-state index contributed by atoms with van der Waals surface area (Å²) >= 11 is 0. The Labute approximate surface area is 73.4 Å². The summed E-state index contributed by atoms with van der Waals surface area (Å²) in [5.74, 6) is 0.352. The van der Waals surface area contributed by atoms with Crippen molar-refractivity contribution in [3.05, 3.63) is 0 Å². The van der Waals surface area contributed by atoms with Gasteiger partial charge in [-0.15, -0.1) is 0 Å². The van der Waals surface area contributed by atoms with Gasteiger partial charge < -0.3 is 14.8 Å². The first-order valence-corrected chi connectivity index (χ1v) is 4.58. The fraction of sp³-hybridized carbons (Fsp3) is 0.889. The van der Waals surface area contributed by atoms with Gasteiger partial charge in [-0.1, -0.05) is 6.92 Å². The second-order valence-electron chi connectivity index (χ2n) is 3.59. The first-order chi connectivity index (χ1) is 5.74. The van der Waals surface area contributed by atoms with E-state index in [0.717, 1.165) is 32.3 Å². The number of hydrogen-bond acceptors (Lipinski definition) is 3. The molecule has 1 rings (SSSR count). The van der Waals surface area contributed by atoms with E-state index in [9.17, 15) is 9.90 Å². The van der Waals surface area contributed by atoms with Crippen LogP contribution >= 0.6 is 0 Å². The van der Waals surface area contributed by atoms with E-state index in [-0.39, 0.29) is 6.10 Å². The molecule has 1 aliphatic heterocycles. The summed E-state index contributed by atoms with van der Waals surface area (Å²) in [5.41, 5.74) is 0. The van der Waals surface area contributed by atoms with Crippen molar-refractivity contribution in [1.82, 2.24) is 4.90 Å². The summed E-state index contributed by atoms with van der Waals surface area (Å²) in [5, 5.41) is 9.42. The minimum absolute atomic E-state index is 0.141. The number of nitrogens with zero attached hydrogens (tertiary/aromatic N) is 1. The third kappa shape index (κ3) is 2.57. The fourth-order valence-corrected chi connectivity index (χ4v) is 1.66. The number of carbonyl (C=O) groups excluding carboxylic acids is 1. The molecule has 2 unspecified atom stereocenters. The minimum atomic E-state index is -0.141. The molecule has 3 heteroatoms. The van der Waals surface area contributed by atoms with Crippen LogP contribution in [0.4, 0.5) is 0 Å². The van der Waals surface area contributed by atoms with Crippen molar-refractivity contribution in [3.63, 3.8) is 0 Å². The Morgan fingerprint density at radius 1 is 1.67 bits per heavy atom. The van der Waals surface area contributed by atoms with E-state index in [1.54, 1.807) is 0 Å². The van der Waals surface area contributed by atoms with Gasteiger partial charge in [0.1, 0.15) is 6.29 Å². The van der Waals surface area contributed by atoms with Crippen LogP contribution in [0.1, 0.15) is 19.8 Å². The number of likely N-dealkylation sites (tertiary alicyclic amines) is 1. The van der Waals surface area contributed by atoms with Crippen LogP contribution < -0.4 is 0 Å². The number of aliphatic hydroxyl groups is 1. The van der Waals surface area contributed by atoms with Crippen molar-refractivity contribution in [2.75, 3.05) is 19.6 Å². The summed E-state index contributed by atoms with van der Waals surface area (Å²) < 4.78 is 0. The van der Waals surface area contributed by atoms with E-state index in [1.807, 2.05) is 0 Å². The van der Waals surface area contributed by atoms with Gasteiger partial charge in [0.05, 0.1) is 6.10 Å². The van der Waals surface area contributed by atoms with Crippen molar-refractivity contribution in [2.24, 2.45) is 5.92 Å². The predicted molar refractivity (Wildman–Crippen MR) is 46.9 cm³/mol. The van der Waals surface area contributed by atoms with E-state index in [4.69, 9.17) is 0 Å². The van der Waals surface area contributed by atoms with E-state index in [1.165, 1.54) is 0 Å². The zero-order valence-corrected chi connectivity index (χ0v) is 7.57. The Morgan fingerprint density at radius 2 is 2.42 bits per heavy atom. The van der Waals surface area contributed by atoms with Crippen molar-refractivity contribution in [1.29, 1.82) is 0 Å². The molecule has 0 amide bonds. The van der Waals surface area contributed by atoms with Gasteiger partial charge in [0.15, 0.2) is 0 Å². The average Bonchev–Trinajstić information content (AvgIpc) is 2.07. The standard InChI is InChI=1S/C9H17NO2/c1-8-7-10(4-2-6-11)5-3-9(8)12/h6,8-9,12H,2-5,7H2,1H3. The second-order valence-corrected chi connectivity index (χ2v) is 3.59. The van der Waals surface area contributed by atoms with Gasteiger partial charge >= 0.3 is 0 Å². The highest BCUT2D eigenvalue weighted by Crippen LogP contribution is 2.15. The highest BCUT2D eigenvalue weighted by molar-refractivity contribution is 5.49. The van der Waals surface area contributed by atoms with Crippen LogP contribution in [0.15, 0.2) is 0 Å². The molecule has 1 heterocycles. The lowest BCUT2D eigenvalue weighted by molar-refractivity contribution is -0.108. The maximum atomic E-state index is 10.1. The number of hydrogen-bond donors (Lipinski definition) is 1. The molecule has 0 aromatic carbocycles. The monoisotopic (exact) mass is 171 g/mol. The topological polar surface area (TPSA) is 40.5 Å². The molecular formula is C9H17NO2.